The number of aryl methyl sites for hydroxylation is 1. The van der Waals surface area contributed by atoms with Gasteiger partial charge in [-0.2, -0.15) is 0 Å². The molecule has 1 aliphatic heterocycles. The maximum Gasteiger partial charge on any atom is 0.411 e. The molecule has 1 aliphatic rings. The molecule has 36 heavy (non-hydrogen) atoms. The van der Waals surface area contributed by atoms with Crippen molar-refractivity contribution in [2.45, 2.75) is 39.0 Å². The number of hydrogen-bond donors (Lipinski definition) is 2. The third kappa shape index (κ3) is 5.71. The summed E-state index contributed by atoms with van der Waals surface area (Å²) in [5, 5.41) is 5.65. The lowest BCUT2D eigenvalue weighted by molar-refractivity contribution is -0.126. The highest BCUT2D eigenvalue weighted by atomic mass is 19.1. The first-order chi connectivity index (χ1) is 17.4. The third-order valence-electron chi connectivity index (χ3n) is 5.96. The summed E-state index contributed by atoms with van der Waals surface area (Å²) in [7, 11) is 0. The number of ether oxygens (including phenoxy) is 1. The molecular weight excluding hydrogens is 461 g/mol. The number of benzene rings is 3. The second-order valence-electron chi connectivity index (χ2n) is 8.74. The van der Waals surface area contributed by atoms with Crippen LogP contribution in [0.15, 0.2) is 72.8 Å². The fourth-order valence-corrected chi connectivity index (χ4v) is 4.05. The lowest BCUT2D eigenvalue weighted by Crippen LogP contribution is -2.46. The molecule has 2 atom stereocenters. The molecule has 3 aromatic rings. The van der Waals surface area contributed by atoms with Crippen molar-refractivity contribution in [2.75, 3.05) is 11.9 Å². The van der Waals surface area contributed by atoms with Gasteiger partial charge in [-0.25, -0.2) is 9.18 Å². The predicted octanol–water partition coefficient (Wildman–Crippen LogP) is 4.97. The number of cyclic esters (lactones) is 1. The van der Waals surface area contributed by atoms with Gasteiger partial charge in [0, 0.05) is 17.8 Å². The summed E-state index contributed by atoms with van der Waals surface area (Å²) in [6, 6.07) is 18.9. The molecule has 0 saturated carbocycles. The van der Waals surface area contributed by atoms with Crippen LogP contribution in [0.4, 0.5) is 14.9 Å². The van der Waals surface area contributed by atoms with Gasteiger partial charge in [-0.05, 0) is 60.9 Å². The molecule has 7 nitrogen and oxygen atoms in total. The van der Waals surface area contributed by atoms with E-state index in [1.807, 2.05) is 38.1 Å². The van der Waals surface area contributed by atoms with Crippen LogP contribution < -0.4 is 10.6 Å². The van der Waals surface area contributed by atoms with Gasteiger partial charge in [0.25, 0.3) is 5.91 Å². The van der Waals surface area contributed by atoms with Gasteiger partial charge in [-0.15, -0.1) is 0 Å². The van der Waals surface area contributed by atoms with E-state index in [2.05, 4.69) is 10.6 Å². The quantitative estimate of drug-likeness (QED) is 0.468. The largest absolute Gasteiger partial charge is 0.438 e. The van der Waals surface area contributed by atoms with Gasteiger partial charge >= 0.3 is 6.09 Å². The second kappa shape index (κ2) is 11.0. The Morgan fingerprint density at radius 2 is 1.75 bits per heavy atom. The van der Waals surface area contributed by atoms with Crippen LogP contribution >= 0.6 is 0 Å². The van der Waals surface area contributed by atoms with E-state index < -0.39 is 30.0 Å². The maximum atomic E-state index is 13.2. The first-order valence-corrected chi connectivity index (χ1v) is 11.8. The van der Waals surface area contributed by atoms with Crippen molar-refractivity contribution in [3.05, 3.63) is 101 Å². The van der Waals surface area contributed by atoms with Crippen molar-refractivity contribution in [3.8, 4) is 0 Å². The Kier molecular flexibility index (Phi) is 7.63. The molecule has 0 unspecified atom stereocenters. The number of nitrogens with one attached hydrogen (secondary N) is 2. The van der Waals surface area contributed by atoms with Crippen LogP contribution in [0.1, 0.15) is 46.5 Å². The van der Waals surface area contributed by atoms with Crippen LogP contribution in [0.2, 0.25) is 0 Å². The average molecular weight is 490 g/mol. The molecule has 4 rings (SSSR count). The van der Waals surface area contributed by atoms with E-state index in [1.54, 1.807) is 24.3 Å². The minimum Gasteiger partial charge on any atom is -0.438 e. The van der Waals surface area contributed by atoms with E-state index in [9.17, 15) is 18.8 Å². The van der Waals surface area contributed by atoms with Crippen molar-refractivity contribution in [3.63, 3.8) is 0 Å². The van der Waals surface area contributed by atoms with Gasteiger partial charge in [0.15, 0.2) is 12.1 Å². The minimum absolute atomic E-state index is 0.223. The van der Waals surface area contributed by atoms with Crippen LogP contribution in [-0.4, -0.2) is 35.4 Å². The Balaban J connectivity index is 1.59. The molecule has 0 bridgehead atoms. The predicted molar refractivity (Wildman–Crippen MR) is 134 cm³/mol. The molecule has 1 saturated heterocycles. The van der Waals surface area contributed by atoms with Crippen LogP contribution in [0.3, 0.4) is 0 Å². The summed E-state index contributed by atoms with van der Waals surface area (Å²) in [6.45, 7) is 4.63. The molecule has 3 aromatic carbocycles. The molecule has 3 amide bonds. The molecule has 0 aliphatic carbocycles. The maximum absolute atomic E-state index is 13.2. The monoisotopic (exact) mass is 489 g/mol. The van der Waals surface area contributed by atoms with Gasteiger partial charge < -0.3 is 15.4 Å². The van der Waals surface area contributed by atoms with E-state index in [-0.39, 0.29) is 12.5 Å². The second-order valence-corrected chi connectivity index (χ2v) is 8.74. The summed E-state index contributed by atoms with van der Waals surface area (Å²) in [6.07, 6.45) is -0.693. The van der Waals surface area contributed by atoms with Crippen LogP contribution in [0.25, 0.3) is 0 Å². The zero-order valence-electron chi connectivity index (χ0n) is 20.2. The van der Waals surface area contributed by atoms with Crippen molar-refractivity contribution in [1.29, 1.82) is 0 Å². The van der Waals surface area contributed by atoms with Crippen molar-refractivity contribution >= 4 is 23.6 Å². The number of amides is 3. The number of halogens is 1. The lowest BCUT2D eigenvalue weighted by Gasteiger charge is -2.24. The topological polar surface area (TPSA) is 87.7 Å². The first kappa shape index (κ1) is 24.9. The smallest absolute Gasteiger partial charge is 0.411 e. The van der Waals surface area contributed by atoms with Gasteiger partial charge in [0.05, 0.1) is 6.54 Å². The molecule has 0 radical (unpaired) electrons. The SMILES string of the molecule is CCCNC(=O)[C@@H]1[C@@H](c2cccc(NC(=O)c3ccc(F)cc3)c2)OC(=O)N1Cc1ccc(C)cc1. The third-order valence-corrected chi connectivity index (χ3v) is 5.96. The Morgan fingerprint density at radius 3 is 2.44 bits per heavy atom. The number of hydrogen-bond acceptors (Lipinski definition) is 4. The first-order valence-electron chi connectivity index (χ1n) is 11.8. The fraction of sp³-hybridized carbons (Fsp3) is 0.250. The normalized spacial score (nSPS) is 17.0. The van der Waals surface area contributed by atoms with E-state index in [4.69, 9.17) is 4.74 Å². The Morgan fingerprint density at radius 1 is 1.03 bits per heavy atom. The Labute approximate surface area is 209 Å². The number of carbonyl (C=O) groups excluding carboxylic acids is 3. The summed E-state index contributed by atoms with van der Waals surface area (Å²) in [5.41, 5.74) is 3.31. The Bertz CT molecular complexity index is 1240. The van der Waals surface area contributed by atoms with Gasteiger partial charge in [0.2, 0.25) is 5.91 Å². The van der Waals surface area contributed by atoms with Gasteiger partial charge in [-0.3, -0.25) is 14.5 Å². The number of nitrogens with zero attached hydrogens (tertiary/aromatic N) is 1. The van der Waals surface area contributed by atoms with Gasteiger partial charge in [0.1, 0.15) is 5.82 Å². The molecule has 0 spiro atoms. The van der Waals surface area contributed by atoms with E-state index in [0.29, 0.717) is 23.4 Å². The van der Waals surface area contributed by atoms with E-state index >= 15 is 0 Å². The summed E-state index contributed by atoms with van der Waals surface area (Å²) >= 11 is 0. The summed E-state index contributed by atoms with van der Waals surface area (Å²) in [4.78, 5) is 40.1. The van der Waals surface area contributed by atoms with Crippen molar-refractivity contribution in [1.82, 2.24) is 10.2 Å². The molecule has 2 N–H and O–H groups in total. The Hall–Kier alpha value is -4.20. The molecule has 1 fully saturated rings. The standard InChI is InChI=1S/C28H28FN3O4/c1-3-15-30-27(34)24-25(36-28(35)32(24)17-19-9-7-18(2)8-10-19)21-5-4-6-23(16-21)31-26(33)20-11-13-22(29)14-12-20/h4-14,16,24-25H,3,15,17H2,1-2H3,(H,30,34)(H,31,33)/t24-,25+/m0/s1. The molecule has 1 heterocycles. The van der Waals surface area contributed by atoms with E-state index in [0.717, 1.165) is 17.5 Å². The minimum atomic E-state index is -0.881. The van der Waals surface area contributed by atoms with Crippen LogP contribution in [-0.2, 0) is 16.1 Å². The number of carbonyl (C=O) groups is 3. The van der Waals surface area contributed by atoms with Crippen molar-refractivity contribution < 1.29 is 23.5 Å². The zero-order chi connectivity index (χ0) is 25.7. The highest BCUT2D eigenvalue weighted by Crippen LogP contribution is 2.35. The highest BCUT2D eigenvalue weighted by molar-refractivity contribution is 6.04. The van der Waals surface area contributed by atoms with Crippen LogP contribution in [0.5, 0.6) is 0 Å². The molecule has 8 heteroatoms. The molecular formula is C28H28FN3O4. The van der Waals surface area contributed by atoms with Crippen LogP contribution in [0, 0.1) is 12.7 Å². The fourth-order valence-electron chi connectivity index (χ4n) is 4.05. The van der Waals surface area contributed by atoms with Crippen molar-refractivity contribution in [2.24, 2.45) is 0 Å². The summed E-state index contributed by atoms with van der Waals surface area (Å²) in [5.74, 6) is -1.14. The average Bonchev–Trinajstić information content (AvgIpc) is 3.20. The number of rotatable bonds is 8. The molecule has 186 valence electrons. The zero-order valence-corrected chi connectivity index (χ0v) is 20.2. The summed E-state index contributed by atoms with van der Waals surface area (Å²) < 4.78 is 18.9. The molecule has 0 aromatic heterocycles. The lowest BCUT2D eigenvalue weighted by atomic mass is 10.00. The van der Waals surface area contributed by atoms with Gasteiger partial charge in [-0.1, -0.05) is 48.9 Å². The number of anilines is 1. The van der Waals surface area contributed by atoms with E-state index in [1.165, 1.54) is 29.2 Å². The highest BCUT2D eigenvalue weighted by Gasteiger charge is 2.46.